The average Bonchev–Trinajstić information content (AvgIpc) is 2.54. The van der Waals surface area contributed by atoms with Crippen LogP contribution < -0.4 is 5.32 Å². The number of benzene rings is 2. The van der Waals surface area contributed by atoms with Gasteiger partial charge in [0.2, 0.25) is 0 Å². The van der Waals surface area contributed by atoms with E-state index in [1.165, 1.54) is 17.0 Å². The molecule has 6 heteroatoms. The Balaban J connectivity index is 2.07. The Hall–Kier alpha value is -2.89. The number of anilines is 1. The maximum absolute atomic E-state index is 13.2. The summed E-state index contributed by atoms with van der Waals surface area (Å²) in [5, 5.41) is 2.55. The second-order valence-electron chi connectivity index (χ2n) is 5.22. The number of amides is 2. The maximum Gasteiger partial charge on any atom is 0.411 e. The Bertz CT molecular complexity index is 734. The topological polar surface area (TPSA) is 58.6 Å². The Morgan fingerprint density at radius 2 is 1.92 bits per heavy atom. The number of halogens is 1. The molecule has 0 aliphatic carbocycles. The number of ether oxygens (including phenoxy) is 1. The molecular formula is C18H19FN2O3. The van der Waals surface area contributed by atoms with Crippen molar-refractivity contribution >= 4 is 17.7 Å². The molecule has 0 spiro atoms. The fourth-order valence-corrected chi connectivity index (χ4v) is 2.22. The number of nitrogens with zero attached hydrogens (tertiary/aromatic N) is 1. The molecule has 2 aromatic rings. The van der Waals surface area contributed by atoms with E-state index in [0.717, 1.165) is 0 Å². The number of hydrogen-bond donors (Lipinski definition) is 1. The molecule has 0 saturated heterocycles. The second kappa shape index (κ2) is 8.10. The molecule has 2 amide bonds. The Morgan fingerprint density at radius 3 is 2.62 bits per heavy atom. The summed E-state index contributed by atoms with van der Waals surface area (Å²) in [7, 11) is 1.64. The Morgan fingerprint density at radius 1 is 1.17 bits per heavy atom. The zero-order valence-electron chi connectivity index (χ0n) is 13.6. The van der Waals surface area contributed by atoms with Gasteiger partial charge in [-0.3, -0.25) is 10.1 Å². The smallest absolute Gasteiger partial charge is 0.411 e. The van der Waals surface area contributed by atoms with Crippen LogP contribution in [0.1, 0.15) is 22.8 Å². The van der Waals surface area contributed by atoms with Crippen LogP contribution in [0.15, 0.2) is 48.5 Å². The molecule has 0 saturated carbocycles. The third kappa shape index (κ3) is 4.81. The molecule has 5 nitrogen and oxygen atoms in total. The lowest BCUT2D eigenvalue weighted by Gasteiger charge is -2.18. The van der Waals surface area contributed by atoms with Gasteiger partial charge >= 0.3 is 6.09 Å². The van der Waals surface area contributed by atoms with E-state index < -0.39 is 6.09 Å². The molecule has 0 atom stereocenters. The molecule has 0 unspecified atom stereocenters. The third-order valence-corrected chi connectivity index (χ3v) is 3.29. The lowest BCUT2D eigenvalue weighted by atomic mass is 10.1. The van der Waals surface area contributed by atoms with Gasteiger partial charge in [0, 0.05) is 24.8 Å². The lowest BCUT2D eigenvalue weighted by molar-refractivity contribution is 0.0785. The molecule has 1 N–H and O–H groups in total. The van der Waals surface area contributed by atoms with Crippen LogP contribution in [0.2, 0.25) is 0 Å². The van der Waals surface area contributed by atoms with Crippen LogP contribution in [0.5, 0.6) is 0 Å². The summed E-state index contributed by atoms with van der Waals surface area (Å²) >= 11 is 0. The van der Waals surface area contributed by atoms with Gasteiger partial charge < -0.3 is 9.64 Å². The Labute approximate surface area is 140 Å². The van der Waals surface area contributed by atoms with Gasteiger partial charge in [-0.2, -0.15) is 0 Å². The number of rotatable bonds is 5. The number of hydrogen-bond acceptors (Lipinski definition) is 3. The van der Waals surface area contributed by atoms with Gasteiger partial charge in [-0.05, 0) is 42.8 Å². The summed E-state index contributed by atoms with van der Waals surface area (Å²) in [4.78, 5) is 25.4. The third-order valence-electron chi connectivity index (χ3n) is 3.29. The predicted molar refractivity (Wildman–Crippen MR) is 89.3 cm³/mol. The highest BCUT2D eigenvalue weighted by Crippen LogP contribution is 2.14. The molecule has 24 heavy (non-hydrogen) atoms. The van der Waals surface area contributed by atoms with Gasteiger partial charge in [-0.1, -0.05) is 18.2 Å². The van der Waals surface area contributed by atoms with Crippen molar-refractivity contribution in [3.05, 3.63) is 65.5 Å². The molecule has 126 valence electrons. The minimum absolute atomic E-state index is 0.230. The van der Waals surface area contributed by atoms with Crippen LogP contribution in [0.25, 0.3) is 0 Å². The largest absolute Gasteiger partial charge is 0.450 e. The van der Waals surface area contributed by atoms with E-state index in [1.54, 1.807) is 50.4 Å². The van der Waals surface area contributed by atoms with Crippen LogP contribution in [-0.4, -0.2) is 30.6 Å². The van der Waals surface area contributed by atoms with E-state index in [4.69, 9.17) is 4.74 Å². The highest BCUT2D eigenvalue weighted by Gasteiger charge is 2.13. The zero-order valence-corrected chi connectivity index (χ0v) is 13.6. The van der Waals surface area contributed by atoms with Crippen molar-refractivity contribution in [3.8, 4) is 0 Å². The summed E-state index contributed by atoms with van der Waals surface area (Å²) in [5.41, 5.74) is 1.59. The van der Waals surface area contributed by atoms with Gasteiger partial charge in [0.15, 0.2) is 0 Å². The first-order valence-corrected chi connectivity index (χ1v) is 7.53. The molecule has 0 heterocycles. The molecule has 0 bridgehead atoms. The SMILES string of the molecule is CCOC(=O)Nc1cccc(C(=O)N(C)Cc2cccc(F)c2)c1. The minimum Gasteiger partial charge on any atom is -0.450 e. The number of nitrogens with one attached hydrogen (secondary N) is 1. The van der Waals surface area contributed by atoms with Crippen molar-refractivity contribution < 1.29 is 18.7 Å². The monoisotopic (exact) mass is 330 g/mol. The molecule has 0 radical (unpaired) electrons. The standard InChI is InChI=1S/C18H19FN2O3/c1-3-24-18(23)20-16-9-5-7-14(11-16)17(22)21(2)12-13-6-4-8-15(19)10-13/h4-11H,3,12H2,1-2H3,(H,20,23). The van der Waals surface area contributed by atoms with Gasteiger partial charge in [0.25, 0.3) is 5.91 Å². The van der Waals surface area contributed by atoms with E-state index in [-0.39, 0.29) is 24.9 Å². The first kappa shape index (κ1) is 17.5. The van der Waals surface area contributed by atoms with E-state index in [9.17, 15) is 14.0 Å². The van der Waals surface area contributed by atoms with Gasteiger partial charge in [-0.15, -0.1) is 0 Å². The quantitative estimate of drug-likeness (QED) is 0.910. The normalized spacial score (nSPS) is 10.1. The molecule has 2 rings (SSSR count). The van der Waals surface area contributed by atoms with Crippen molar-refractivity contribution in [3.63, 3.8) is 0 Å². The summed E-state index contributed by atoms with van der Waals surface area (Å²) in [6, 6.07) is 12.7. The minimum atomic E-state index is -0.574. The first-order valence-electron chi connectivity index (χ1n) is 7.53. The summed E-state index contributed by atoms with van der Waals surface area (Å²) in [5.74, 6) is -0.569. The van der Waals surface area contributed by atoms with Crippen molar-refractivity contribution in [2.24, 2.45) is 0 Å². The van der Waals surface area contributed by atoms with Crippen LogP contribution in [0.3, 0.4) is 0 Å². The summed E-state index contributed by atoms with van der Waals surface area (Å²) in [6.07, 6.45) is -0.574. The van der Waals surface area contributed by atoms with E-state index in [2.05, 4.69) is 5.32 Å². The average molecular weight is 330 g/mol. The van der Waals surface area contributed by atoms with E-state index >= 15 is 0 Å². The summed E-state index contributed by atoms with van der Waals surface area (Å²) in [6.45, 7) is 2.26. The van der Waals surface area contributed by atoms with Crippen molar-refractivity contribution in [2.75, 3.05) is 19.0 Å². The van der Waals surface area contributed by atoms with Crippen LogP contribution >= 0.6 is 0 Å². The highest BCUT2D eigenvalue weighted by atomic mass is 19.1. The Kier molecular flexibility index (Phi) is 5.89. The van der Waals surface area contributed by atoms with Crippen molar-refractivity contribution in [1.29, 1.82) is 0 Å². The van der Waals surface area contributed by atoms with Crippen LogP contribution in [-0.2, 0) is 11.3 Å². The lowest BCUT2D eigenvalue weighted by Crippen LogP contribution is -2.26. The number of carbonyl (C=O) groups excluding carboxylic acids is 2. The maximum atomic E-state index is 13.2. The number of carbonyl (C=O) groups is 2. The fourth-order valence-electron chi connectivity index (χ4n) is 2.22. The zero-order chi connectivity index (χ0) is 17.5. The summed E-state index contributed by atoms with van der Waals surface area (Å²) < 4.78 is 18.0. The molecule has 0 aliphatic heterocycles. The van der Waals surface area contributed by atoms with Gasteiger partial charge in [-0.25, -0.2) is 9.18 Å². The predicted octanol–water partition coefficient (Wildman–Crippen LogP) is 3.67. The van der Waals surface area contributed by atoms with Crippen LogP contribution in [0.4, 0.5) is 14.9 Å². The second-order valence-corrected chi connectivity index (χ2v) is 5.22. The van der Waals surface area contributed by atoms with Gasteiger partial charge in [0.05, 0.1) is 6.61 Å². The van der Waals surface area contributed by atoms with Gasteiger partial charge in [0.1, 0.15) is 5.82 Å². The highest BCUT2D eigenvalue weighted by molar-refractivity contribution is 5.96. The van der Waals surface area contributed by atoms with E-state index in [1.807, 2.05) is 0 Å². The van der Waals surface area contributed by atoms with Crippen molar-refractivity contribution in [1.82, 2.24) is 4.90 Å². The van der Waals surface area contributed by atoms with Crippen LogP contribution in [0, 0.1) is 5.82 Å². The first-order chi connectivity index (χ1) is 11.5. The molecule has 0 aliphatic rings. The molecule has 2 aromatic carbocycles. The molecule has 0 fully saturated rings. The van der Waals surface area contributed by atoms with Crippen molar-refractivity contribution in [2.45, 2.75) is 13.5 Å². The fraction of sp³-hybridized carbons (Fsp3) is 0.222. The van der Waals surface area contributed by atoms with E-state index in [0.29, 0.717) is 16.8 Å². The molecule has 0 aromatic heterocycles. The molecular weight excluding hydrogens is 311 g/mol.